The first-order valence-corrected chi connectivity index (χ1v) is 13.6. The highest BCUT2D eigenvalue weighted by Gasteiger charge is 2.50. The Labute approximate surface area is 225 Å². The zero-order valence-corrected chi connectivity index (χ0v) is 23.0. The summed E-state index contributed by atoms with van der Waals surface area (Å²) in [6.07, 6.45) is 4.33. The van der Waals surface area contributed by atoms with Gasteiger partial charge in [0.1, 0.15) is 0 Å². The van der Waals surface area contributed by atoms with Crippen LogP contribution in [0, 0.1) is 10.8 Å². The number of carbonyl (C=O) groups is 2. The molecule has 7 heteroatoms. The van der Waals surface area contributed by atoms with Gasteiger partial charge in [0.2, 0.25) is 11.9 Å². The van der Waals surface area contributed by atoms with Crippen molar-refractivity contribution < 1.29 is 9.59 Å². The molecule has 2 aliphatic rings. The number of benzene rings is 2. The van der Waals surface area contributed by atoms with E-state index in [0.29, 0.717) is 17.6 Å². The number of amides is 2. The Morgan fingerprint density at radius 2 is 1.92 bits per heavy atom. The van der Waals surface area contributed by atoms with Gasteiger partial charge in [-0.05, 0) is 72.9 Å². The van der Waals surface area contributed by atoms with Crippen molar-refractivity contribution in [2.45, 2.75) is 65.6 Å². The van der Waals surface area contributed by atoms with E-state index in [0.717, 1.165) is 49.9 Å². The zero-order chi connectivity index (χ0) is 27.1. The number of hydrogen-bond donors (Lipinski definition) is 2. The van der Waals surface area contributed by atoms with Crippen LogP contribution in [0.5, 0.6) is 0 Å². The Morgan fingerprint density at radius 3 is 2.61 bits per heavy atom. The van der Waals surface area contributed by atoms with Crippen LogP contribution >= 0.6 is 0 Å². The topological polar surface area (TPSA) is 79.3 Å². The summed E-state index contributed by atoms with van der Waals surface area (Å²) in [7, 11) is 0. The summed E-state index contributed by atoms with van der Waals surface area (Å²) in [6, 6.07) is 16.2. The van der Waals surface area contributed by atoms with Gasteiger partial charge in [0.15, 0.2) is 0 Å². The Balaban J connectivity index is 1.41. The lowest BCUT2D eigenvalue weighted by Crippen LogP contribution is -2.42. The standard InChI is InChI=1S/C31H39N5O2/c1-6-27(37)35-15-14-31(20-35)17-24(18-31)36-26-13-12-22(19-32-21(2)30(3,4)5)16-25(26)33-29(36)34-28(38)23-10-8-7-9-11-23/h6-13,16,21,24,32H,1,14-15,17-20H2,2-5H3,(H,33,34,38)/t21-,24?,31?/m0/s1. The smallest absolute Gasteiger partial charge is 0.257 e. The third-order valence-electron chi connectivity index (χ3n) is 8.55. The first-order valence-electron chi connectivity index (χ1n) is 13.6. The molecule has 1 aliphatic carbocycles. The van der Waals surface area contributed by atoms with Crippen molar-refractivity contribution in [1.29, 1.82) is 0 Å². The summed E-state index contributed by atoms with van der Waals surface area (Å²) < 4.78 is 2.20. The quantitative estimate of drug-likeness (QED) is 0.406. The van der Waals surface area contributed by atoms with Crippen molar-refractivity contribution >= 4 is 28.8 Å². The number of aromatic nitrogens is 2. The predicted molar refractivity (Wildman–Crippen MR) is 152 cm³/mol. The molecule has 0 radical (unpaired) electrons. The average Bonchev–Trinajstić information content (AvgIpc) is 3.47. The van der Waals surface area contributed by atoms with E-state index < -0.39 is 0 Å². The van der Waals surface area contributed by atoms with Crippen molar-refractivity contribution in [2.24, 2.45) is 10.8 Å². The molecule has 1 spiro atoms. The van der Waals surface area contributed by atoms with Crippen LogP contribution in [0.2, 0.25) is 0 Å². The van der Waals surface area contributed by atoms with Crippen molar-refractivity contribution in [1.82, 2.24) is 19.8 Å². The van der Waals surface area contributed by atoms with Crippen LogP contribution in [0.1, 0.15) is 68.9 Å². The van der Waals surface area contributed by atoms with Crippen molar-refractivity contribution in [3.63, 3.8) is 0 Å². The van der Waals surface area contributed by atoms with Crippen molar-refractivity contribution in [3.05, 3.63) is 72.3 Å². The van der Waals surface area contributed by atoms with Crippen LogP contribution in [0.3, 0.4) is 0 Å². The average molecular weight is 514 g/mol. The van der Waals surface area contributed by atoms with E-state index in [1.807, 2.05) is 35.2 Å². The molecule has 1 saturated carbocycles. The molecule has 2 N–H and O–H groups in total. The van der Waals surface area contributed by atoms with Crippen LogP contribution in [0.15, 0.2) is 61.2 Å². The molecular weight excluding hydrogens is 474 g/mol. The van der Waals surface area contributed by atoms with Crippen LogP contribution in [0.4, 0.5) is 5.95 Å². The van der Waals surface area contributed by atoms with E-state index in [2.05, 4.69) is 67.7 Å². The van der Waals surface area contributed by atoms with Gasteiger partial charge in [0.25, 0.3) is 5.91 Å². The van der Waals surface area contributed by atoms with Gasteiger partial charge in [-0.15, -0.1) is 0 Å². The molecule has 200 valence electrons. The summed E-state index contributed by atoms with van der Waals surface area (Å²) in [6.45, 7) is 14.9. The molecule has 3 aromatic rings. The van der Waals surface area contributed by atoms with Crippen molar-refractivity contribution in [3.8, 4) is 0 Å². The highest BCUT2D eigenvalue weighted by molar-refractivity contribution is 6.04. The Kier molecular flexibility index (Phi) is 6.90. The molecule has 2 amide bonds. The molecule has 7 nitrogen and oxygen atoms in total. The first-order chi connectivity index (χ1) is 18.1. The monoisotopic (exact) mass is 513 g/mol. The lowest BCUT2D eigenvalue weighted by atomic mass is 9.64. The van der Waals surface area contributed by atoms with Gasteiger partial charge in [-0.25, -0.2) is 4.98 Å². The maximum absolute atomic E-state index is 13.1. The Hall–Kier alpha value is -3.45. The summed E-state index contributed by atoms with van der Waals surface area (Å²) in [4.78, 5) is 32.1. The number of fused-ring (bicyclic) bond motifs is 1. The molecule has 0 bridgehead atoms. The van der Waals surface area contributed by atoms with Gasteiger partial charge in [0.05, 0.1) is 11.0 Å². The largest absolute Gasteiger partial charge is 0.339 e. The molecule has 1 saturated heterocycles. The van der Waals surface area contributed by atoms with Gasteiger partial charge in [-0.2, -0.15) is 0 Å². The van der Waals surface area contributed by atoms with E-state index in [4.69, 9.17) is 4.98 Å². The molecule has 1 atom stereocenters. The lowest BCUT2D eigenvalue weighted by molar-refractivity contribution is -0.125. The van der Waals surface area contributed by atoms with E-state index in [1.54, 1.807) is 0 Å². The number of rotatable bonds is 7. The van der Waals surface area contributed by atoms with Crippen molar-refractivity contribution in [2.75, 3.05) is 18.4 Å². The second-order valence-electron chi connectivity index (χ2n) is 12.2. The summed E-state index contributed by atoms with van der Waals surface area (Å²) in [5.41, 5.74) is 3.98. The van der Waals surface area contributed by atoms with Gasteiger partial charge >= 0.3 is 0 Å². The second-order valence-corrected chi connectivity index (χ2v) is 12.2. The third-order valence-corrected chi connectivity index (χ3v) is 8.55. The Bertz CT molecular complexity index is 1350. The second kappa shape index (κ2) is 10.0. The molecule has 5 rings (SSSR count). The van der Waals surface area contributed by atoms with Crippen LogP contribution < -0.4 is 10.6 Å². The minimum atomic E-state index is -0.166. The minimum Gasteiger partial charge on any atom is -0.339 e. The number of anilines is 1. The molecule has 2 aromatic carbocycles. The molecular formula is C31H39N5O2. The number of carbonyl (C=O) groups excluding carboxylic acids is 2. The molecule has 38 heavy (non-hydrogen) atoms. The Morgan fingerprint density at radius 1 is 1.18 bits per heavy atom. The molecule has 1 aliphatic heterocycles. The van der Waals surface area contributed by atoms with E-state index in [9.17, 15) is 9.59 Å². The SMILES string of the molecule is C=CC(=O)N1CCC2(CC(n3c(NC(=O)c4ccccc4)nc4cc(CN[C@@H](C)C(C)(C)C)ccc43)C2)C1. The van der Waals surface area contributed by atoms with E-state index in [1.165, 1.54) is 11.6 Å². The highest BCUT2D eigenvalue weighted by Crippen LogP contribution is 2.55. The van der Waals surface area contributed by atoms with Gasteiger partial charge in [0, 0.05) is 37.3 Å². The minimum absolute atomic E-state index is 0.0103. The first kappa shape index (κ1) is 26.2. The van der Waals surface area contributed by atoms with Crippen LogP contribution in [-0.2, 0) is 11.3 Å². The molecule has 0 unspecified atom stereocenters. The van der Waals surface area contributed by atoms with Crippen LogP contribution in [0.25, 0.3) is 11.0 Å². The van der Waals surface area contributed by atoms with Gasteiger partial charge in [-0.1, -0.05) is 51.6 Å². The summed E-state index contributed by atoms with van der Waals surface area (Å²) >= 11 is 0. The number of nitrogens with one attached hydrogen (secondary N) is 2. The molecule has 2 heterocycles. The van der Waals surface area contributed by atoms with E-state index >= 15 is 0 Å². The van der Waals surface area contributed by atoms with Gasteiger partial charge < -0.3 is 14.8 Å². The summed E-state index contributed by atoms with van der Waals surface area (Å²) in [5, 5.41) is 6.72. The normalized spacial score (nSPS) is 21.9. The predicted octanol–water partition coefficient (Wildman–Crippen LogP) is 5.55. The zero-order valence-electron chi connectivity index (χ0n) is 23.0. The fourth-order valence-corrected chi connectivity index (χ4v) is 5.76. The molecule has 2 fully saturated rings. The number of nitrogens with zero attached hydrogens (tertiary/aromatic N) is 3. The van der Waals surface area contributed by atoms with Crippen LogP contribution in [-0.4, -0.2) is 45.4 Å². The van der Waals surface area contributed by atoms with E-state index in [-0.39, 0.29) is 28.7 Å². The summed E-state index contributed by atoms with van der Waals surface area (Å²) in [5.74, 6) is 0.427. The molecule has 1 aromatic heterocycles. The highest BCUT2D eigenvalue weighted by atomic mass is 16.2. The number of likely N-dealkylation sites (tertiary alicyclic amines) is 1. The van der Waals surface area contributed by atoms with Gasteiger partial charge in [-0.3, -0.25) is 14.9 Å². The lowest BCUT2D eigenvalue weighted by Gasteiger charge is -2.46. The number of hydrogen-bond acceptors (Lipinski definition) is 4. The maximum Gasteiger partial charge on any atom is 0.257 e. The third kappa shape index (κ3) is 5.12. The number of imidazole rings is 1. The fraction of sp³-hybridized carbons (Fsp3) is 0.452. The fourth-order valence-electron chi connectivity index (χ4n) is 5.76. The maximum atomic E-state index is 13.1.